The standard InChI is InChI=1S/C21H22N4O5S2/c1-11-8-22-21(24(11)2)32-10-13-9-31-19-14(18(28)25(19)15(13)20(29)30)23-17(27)16(26)12-6-4-3-5-7-12/h3-8,14,16,19,26H,9-10H2,1-2H3,(H,23,27)(H,29,30)/t14?,16?,19-/m1/s1. The first-order chi connectivity index (χ1) is 15.3. The molecule has 0 aliphatic carbocycles. The van der Waals surface area contributed by atoms with Gasteiger partial charge in [0.1, 0.15) is 17.1 Å². The minimum absolute atomic E-state index is 0.0358. The van der Waals surface area contributed by atoms with E-state index in [9.17, 15) is 24.6 Å². The summed E-state index contributed by atoms with van der Waals surface area (Å²) in [6.45, 7) is 1.93. The number of aliphatic hydroxyl groups is 1. The molecule has 168 valence electrons. The van der Waals surface area contributed by atoms with Crippen LogP contribution in [0.15, 0.2) is 53.0 Å². The number of imidazole rings is 1. The van der Waals surface area contributed by atoms with Gasteiger partial charge in [0.2, 0.25) is 0 Å². The largest absolute Gasteiger partial charge is 0.477 e. The number of carboxylic acids is 1. The molecule has 2 aliphatic heterocycles. The molecule has 0 radical (unpaired) electrons. The van der Waals surface area contributed by atoms with E-state index >= 15 is 0 Å². The van der Waals surface area contributed by atoms with Crippen LogP contribution in [0.1, 0.15) is 17.4 Å². The highest BCUT2D eigenvalue weighted by atomic mass is 32.2. The van der Waals surface area contributed by atoms with Gasteiger partial charge < -0.3 is 20.1 Å². The molecule has 2 unspecified atom stereocenters. The van der Waals surface area contributed by atoms with Crippen LogP contribution in [0.4, 0.5) is 0 Å². The third-order valence-corrected chi connectivity index (χ3v) is 7.93. The number of aryl methyl sites for hydroxylation is 1. The molecule has 1 aromatic carbocycles. The lowest BCUT2D eigenvalue weighted by atomic mass is 10.0. The number of aromatic nitrogens is 2. The smallest absolute Gasteiger partial charge is 0.352 e. The van der Waals surface area contributed by atoms with Crippen LogP contribution < -0.4 is 5.32 Å². The van der Waals surface area contributed by atoms with Gasteiger partial charge in [-0.1, -0.05) is 42.1 Å². The zero-order chi connectivity index (χ0) is 23.0. The van der Waals surface area contributed by atoms with Crippen molar-refractivity contribution in [2.75, 3.05) is 11.5 Å². The van der Waals surface area contributed by atoms with Crippen LogP contribution in [-0.2, 0) is 21.4 Å². The molecule has 1 saturated heterocycles. The van der Waals surface area contributed by atoms with Crippen molar-refractivity contribution in [2.45, 2.75) is 29.6 Å². The number of carbonyl (C=O) groups excluding carboxylic acids is 2. The van der Waals surface area contributed by atoms with E-state index in [0.29, 0.717) is 22.6 Å². The van der Waals surface area contributed by atoms with E-state index in [2.05, 4.69) is 10.3 Å². The first kappa shape index (κ1) is 22.4. The van der Waals surface area contributed by atoms with Crippen molar-refractivity contribution in [2.24, 2.45) is 7.05 Å². The van der Waals surface area contributed by atoms with E-state index in [1.165, 1.54) is 28.4 Å². The summed E-state index contributed by atoms with van der Waals surface area (Å²) in [6, 6.07) is 7.53. The fourth-order valence-electron chi connectivity index (χ4n) is 3.57. The summed E-state index contributed by atoms with van der Waals surface area (Å²) < 4.78 is 1.92. The number of fused-ring (bicyclic) bond motifs is 1. The Labute approximate surface area is 192 Å². The summed E-state index contributed by atoms with van der Waals surface area (Å²) in [5.41, 5.74) is 2.00. The van der Waals surface area contributed by atoms with Crippen molar-refractivity contribution < 1.29 is 24.6 Å². The third kappa shape index (κ3) is 4.03. The van der Waals surface area contributed by atoms with E-state index in [4.69, 9.17) is 0 Å². The molecule has 3 heterocycles. The number of aliphatic hydroxyl groups excluding tert-OH is 1. The molecular weight excluding hydrogens is 452 g/mol. The first-order valence-electron chi connectivity index (χ1n) is 9.84. The van der Waals surface area contributed by atoms with Crippen LogP contribution in [-0.4, -0.2) is 65.4 Å². The van der Waals surface area contributed by atoms with Crippen molar-refractivity contribution in [1.29, 1.82) is 0 Å². The van der Waals surface area contributed by atoms with Crippen molar-refractivity contribution in [3.63, 3.8) is 0 Å². The Balaban J connectivity index is 1.46. The van der Waals surface area contributed by atoms with E-state index in [-0.39, 0.29) is 5.70 Å². The molecule has 0 bridgehead atoms. The quantitative estimate of drug-likeness (QED) is 0.405. The Kier molecular flexibility index (Phi) is 6.31. The minimum atomic E-state index is -1.41. The van der Waals surface area contributed by atoms with Crippen LogP contribution in [0.5, 0.6) is 0 Å². The Morgan fingerprint density at radius 1 is 1.34 bits per heavy atom. The SMILES string of the molecule is Cc1cnc(SCC2=C(C(=O)O)N3C(=O)C(NC(=O)C(O)c4ccccc4)[C@H]3SC2)n1C. The number of hydrogen-bond acceptors (Lipinski definition) is 7. The van der Waals surface area contributed by atoms with Gasteiger partial charge in [0.15, 0.2) is 11.3 Å². The summed E-state index contributed by atoms with van der Waals surface area (Å²) in [4.78, 5) is 42.8. The zero-order valence-corrected chi connectivity index (χ0v) is 19.0. The summed E-state index contributed by atoms with van der Waals surface area (Å²) >= 11 is 2.81. The summed E-state index contributed by atoms with van der Waals surface area (Å²) in [5.74, 6) is -1.56. The molecule has 9 nitrogen and oxygen atoms in total. The average molecular weight is 475 g/mol. The number of nitrogens with one attached hydrogen (secondary N) is 1. The predicted octanol–water partition coefficient (Wildman–Crippen LogP) is 1.29. The number of thioether (sulfide) groups is 2. The van der Waals surface area contributed by atoms with Crippen LogP contribution >= 0.6 is 23.5 Å². The van der Waals surface area contributed by atoms with Gasteiger partial charge >= 0.3 is 5.97 Å². The lowest BCUT2D eigenvalue weighted by Crippen LogP contribution is -2.70. The lowest BCUT2D eigenvalue weighted by Gasteiger charge is -2.49. The van der Waals surface area contributed by atoms with E-state index in [0.717, 1.165) is 10.9 Å². The molecule has 4 rings (SSSR count). The van der Waals surface area contributed by atoms with Crippen molar-refractivity contribution in [1.82, 2.24) is 19.8 Å². The second kappa shape index (κ2) is 9.00. The van der Waals surface area contributed by atoms with Gasteiger partial charge in [0.05, 0.1) is 0 Å². The number of hydrogen-bond donors (Lipinski definition) is 3. The third-order valence-electron chi connectivity index (χ3n) is 5.46. The first-order valence-corrected chi connectivity index (χ1v) is 11.9. The number of carboxylic acid groups (broad SMARTS) is 1. The maximum absolute atomic E-state index is 12.8. The maximum Gasteiger partial charge on any atom is 0.352 e. The molecule has 3 N–H and O–H groups in total. The molecule has 3 atom stereocenters. The van der Waals surface area contributed by atoms with E-state index in [1.54, 1.807) is 36.5 Å². The summed E-state index contributed by atoms with van der Waals surface area (Å²) in [5, 5.41) is 22.9. The molecule has 0 spiro atoms. The van der Waals surface area contributed by atoms with Crippen LogP contribution in [0.25, 0.3) is 0 Å². The van der Waals surface area contributed by atoms with E-state index in [1.807, 2.05) is 18.5 Å². The molecule has 2 aliphatic rings. The van der Waals surface area contributed by atoms with Crippen LogP contribution in [0.2, 0.25) is 0 Å². The predicted molar refractivity (Wildman–Crippen MR) is 120 cm³/mol. The Morgan fingerprint density at radius 3 is 2.69 bits per heavy atom. The highest BCUT2D eigenvalue weighted by molar-refractivity contribution is 8.01. The van der Waals surface area contributed by atoms with Crippen molar-refractivity contribution in [3.05, 3.63) is 59.1 Å². The number of aliphatic carboxylic acids is 1. The molecule has 32 heavy (non-hydrogen) atoms. The number of β-lactam (4-membered cyclic amide) rings is 1. The topological polar surface area (TPSA) is 125 Å². The van der Waals surface area contributed by atoms with Gasteiger partial charge in [-0.25, -0.2) is 9.78 Å². The highest BCUT2D eigenvalue weighted by Crippen LogP contribution is 2.41. The minimum Gasteiger partial charge on any atom is -0.477 e. The Morgan fingerprint density at radius 2 is 2.06 bits per heavy atom. The Bertz CT molecular complexity index is 1100. The van der Waals surface area contributed by atoms with Gasteiger partial charge in [0.25, 0.3) is 11.8 Å². The highest BCUT2D eigenvalue weighted by Gasteiger charge is 2.54. The van der Waals surface area contributed by atoms with Crippen molar-refractivity contribution >= 4 is 41.3 Å². The van der Waals surface area contributed by atoms with Gasteiger partial charge in [-0.2, -0.15) is 0 Å². The molecule has 2 amide bonds. The summed E-state index contributed by atoms with van der Waals surface area (Å²) in [7, 11) is 1.89. The Hall–Kier alpha value is -2.76. The average Bonchev–Trinajstić information content (AvgIpc) is 3.12. The second-order valence-electron chi connectivity index (χ2n) is 7.50. The van der Waals surface area contributed by atoms with Gasteiger partial charge in [-0.15, -0.1) is 11.8 Å². The lowest BCUT2D eigenvalue weighted by molar-refractivity contribution is -0.151. The molecule has 11 heteroatoms. The number of rotatable bonds is 7. The molecule has 1 fully saturated rings. The summed E-state index contributed by atoms with van der Waals surface area (Å²) in [6.07, 6.45) is 0.339. The second-order valence-corrected chi connectivity index (χ2v) is 9.54. The van der Waals surface area contributed by atoms with Crippen LogP contribution in [0.3, 0.4) is 0 Å². The molecule has 0 saturated carbocycles. The van der Waals surface area contributed by atoms with Crippen molar-refractivity contribution in [3.8, 4) is 0 Å². The monoisotopic (exact) mass is 474 g/mol. The van der Waals surface area contributed by atoms with Gasteiger partial charge in [0, 0.05) is 30.4 Å². The van der Waals surface area contributed by atoms with E-state index < -0.39 is 35.3 Å². The fraction of sp³-hybridized carbons (Fsp3) is 0.333. The number of carbonyl (C=O) groups is 3. The van der Waals surface area contributed by atoms with Gasteiger partial charge in [-0.05, 0) is 18.1 Å². The maximum atomic E-state index is 12.8. The normalized spacial score (nSPS) is 21.1. The number of benzene rings is 1. The number of amides is 2. The van der Waals surface area contributed by atoms with Crippen LogP contribution in [0, 0.1) is 6.92 Å². The number of nitrogens with zero attached hydrogens (tertiary/aromatic N) is 3. The van der Waals surface area contributed by atoms with Gasteiger partial charge in [-0.3, -0.25) is 14.5 Å². The fourth-order valence-corrected chi connectivity index (χ4v) is 6.05. The molecular formula is C21H22N4O5S2. The molecule has 2 aromatic rings. The molecule has 1 aromatic heterocycles. The zero-order valence-electron chi connectivity index (χ0n) is 17.4.